The Balaban J connectivity index is 1.31. The number of anilines is 1. The smallest absolute Gasteiger partial charge is 0.410 e. The van der Waals surface area contributed by atoms with Crippen molar-refractivity contribution in [3.63, 3.8) is 0 Å². The number of nitrogens with zero attached hydrogens (tertiary/aromatic N) is 9. The zero-order valence-electron chi connectivity index (χ0n) is 30.5. The summed E-state index contributed by atoms with van der Waals surface area (Å²) >= 11 is 1.58. The average Bonchev–Trinajstić information content (AvgIpc) is 3.82. The minimum absolute atomic E-state index is 0.0816. The van der Waals surface area contributed by atoms with Crippen LogP contribution in [0, 0.1) is 11.3 Å². The number of hydrogen-bond donors (Lipinski definition) is 0. The van der Waals surface area contributed by atoms with Crippen molar-refractivity contribution in [1.29, 1.82) is 5.26 Å². The number of nitriles is 1. The number of aromatic nitrogens is 3. The van der Waals surface area contributed by atoms with Crippen LogP contribution in [0.4, 0.5) is 15.6 Å². The molecule has 0 spiro atoms. The number of carbonyl (C=O) groups is 1. The fourth-order valence-electron chi connectivity index (χ4n) is 7.19. The summed E-state index contributed by atoms with van der Waals surface area (Å²) in [6, 6.07) is 6.53. The molecule has 0 aromatic carbocycles. The average molecular weight is 704 g/mol. The zero-order valence-corrected chi connectivity index (χ0v) is 31.3. The van der Waals surface area contributed by atoms with Gasteiger partial charge in [-0.3, -0.25) is 4.90 Å². The molecule has 2 aliphatic heterocycles. The molecule has 3 aromatic heterocycles. The molecule has 0 radical (unpaired) electrons. The lowest BCUT2D eigenvalue weighted by Crippen LogP contribution is -2.50. The monoisotopic (exact) mass is 703 g/mol. The van der Waals surface area contributed by atoms with Crippen LogP contribution >= 0.6 is 11.3 Å². The van der Waals surface area contributed by atoms with Crippen LogP contribution in [-0.4, -0.2) is 114 Å². The van der Waals surface area contributed by atoms with Crippen LogP contribution in [0.5, 0.6) is 5.88 Å². The second-order valence-electron chi connectivity index (χ2n) is 15.0. The molecule has 268 valence electrons. The van der Waals surface area contributed by atoms with Crippen LogP contribution in [0.2, 0.25) is 0 Å². The lowest BCUT2D eigenvalue weighted by atomic mass is 9.71. The first-order valence-corrected chi connectivity index (χ1v) is 18.3. The van der Waals surface area contributed by atoms with Crippen molar-refractivity contribution in [2.24, 2.45) is 4.99 Å². The third kappa shape index (κ3) is 7.44. The Morgan fingerprint density at radius 3 is 2.62 bits per heavy atom. The van der Waals surface area contributed by atoms with E-state index in [-0.39, 0.29) is 12.2 Å². The molecular weight excluding hydrogens is 655 g/mol. The molecule has 2 fully saturated rings. The second kappa shape index (κ2) is 14.2. The number of fused-ring (bicyclic) bond motifs is 1. The maximum atomic E-state index is 12.8. The van der Waals surface area contributed by atoms with Gasteiger partial charge in [-0.25, -0.2) is 14.8 Å². The van der Waals surface area contributed by atoms with Crippen LogP contribution < -0.4 is 9.64 Å². The van der Waals surface area contributed by atoms with Gasteiger partial charge in [0, 0.05) is 63.3 Å². The molecule has 6 rings (SSSR count). The lowest BCUT2D eigenvalue weighted by molar-refractivity contribution is 0.0240. The van der Waals surface area contributed by atoms with Gasteiger partial charge in [0.2, 0.25) is 5.88 Å². The number of aliphatic imine (C=N–C) groups is 1. The zero-order chi connectivity index (χ0) is 35.8. The number of likely N-dealkylation sites (tertiary alicyclic amines) is 1. The van der Waals surface area contributed by atoms with Crippen molar-refractivity contribution in [2.45, 2.75) is 89.9 Å². The van der Waals surface area contributed by atoms with E-state index in [4.69, 9.17) is 24.0 Å². The van der Waals surface area contributed by atoms with Crippen LogP contribution in [-0.2, 0) is 16.6 Å². The summed E-state index contributed by atoms with van der Waals surface area (Å²) in [5, 5.41) is 15.5. The summed E-state index contributed by atoms with van der Waals surface area (Å²) in [5.74, 6) is 2.23. The van der Waals surface area contributed by atoms with Gasteiger partial charge in [0.05, 0.1) is 17.3 Å². The quantitative estimate of drug-likeness (QED) is 0.207. The number of carbonyl (C=O) groups excluding carboxylic acids is 1. The summed E-state index contributed by atoms with van der Waals surface area (Å²) < 4.78 is 18.2. The lowest BCUT2D eigenvalue weighted by Gasteiger charge is -2.36. The molecule has 3 atom stereocenters. The van der Waals surface area contributed by atoms with Crippen LogP contribution in [0.1, 0.15) is 82.1 Å². The Labute approximate surface area is 298 Å². The standard InChI is InChI=1S/C36H49N9O4S/c1-23(26-11-10-14-43(26)8)47-30-20-29(44-15-17-45(18-16-44)34(46)48-35(2,3)4)39-32(40-30)25-19-28(49-41-25)36(5)13-9-12-27-31(36)24(21-37)33(50-27)38-22-42(6)7/h19-20,22-23,26H,9-18H2,1-8H3/t23-,26-,36?/m0/s1. The van der Waals surface area contributed by atoms with E-state index >= 15 is 0 Å². The summed E-state index contributed by atoms with van der Waals surface area (Å²) in [7, 11) is 5.96. The molecule has 3 aromatic rings. The van der Waals surface area contributed by atoms with Crippen molar-refractivity contribution < 1.29 is 18.8 Å². The number of hydrogen-bond acceptors (Lipinski definition) is 12. The molecule has 13 nitrogen and oxygen atoms in total. The first-order chi connectivity index (χ1) is 23.8. The van der Waals surface area contributed by atoms with Gasteiger partial charge >= 0.3 is 6.09 Å². The van der Waals surface area contributed by atoms with Gasteiger partial charge in [-0.2, -0.15) is 10.2 Å². The molecule has 1 aliphatic carbocycles. The highest BCUT2D eigenvalue weighted by Gasteiger charge is 2.42. The number of rotatable bonds is 8. The number of ether oxygens (including phenoxy) is 2. The van der Waals surface area contributed by atoms with Gasteiger partial charge in [-0.1, -0.05) is 5.16 Å². The number of thiophene rings is 1. The third-order valence-electron chi connectivity index (χ3n) is 9.77. The highest BCUT2D eigenvalue weighted by atomic mass is 32.1. The van der Waals surface area contributed by atoms with E-state index in [1.54, 1.807) is 22.6 Å². The summed E-state index contributed by atoms with van der Waals surface area (Å²) in [4.78, 5) is 36.4. The first kappa shape index (κ1) is 35.6. The maximum Gasteiger partial charge on any atom is 0.410 e. The Morgan fingerprint density at radius 1 is 1.20 bits per heavy atom. The highest BCUT2D eigenvalue weighted by Crippen LogP contribution is 2.50. The molecule has 2 saturated heterocycles. The van der Waals surface area contributed by atoms with E-state index in [1.807, 2.05) is 51.9 Å². The fourth-order valence-corrected chi connectivity index (χ4v) is 8.45. The van der Waals surface area contributed by atoms with Gasteiger partial charge in [0.1, 0.15) is 34.4 Å². The fraction of sp³-hybridized carbons (Fsp3) is 0.611. The van der Waals surface area contributed by atoms with Gasteiger partial charge in [0.15, 0.2) is 11.5 Å². The summed E-state index contributed by atoms with van der Waals surface area (Å²) in [6.45, 7) is 13.0. The molecule has 3 aliphatic rings. The van der Waals surface area contributed by atoms with E-state index in [2.05, 4.69) is 46.9 Å². The molecule has 5 heterocycles. The van der Waals surface area contributed by atoms with E-state index < -0.39 is 11.0 Å². The minimum Gasteiger partial charge on any atom is -0.473 e. The third-order valence-corrected chi connectivity index (χ3v) is 10.9. The van der Waals surface area contributed by atoms with E-state index in [0.29, 0.717) is 71.8 Å². The van der Waals surface area contributed by atoms with Crippen LogP contribution in [0.3, 0.4) is 0 Å². The summed E-state index contributed by atoms with van der Waals surface area (Å²) in [6.07, 6.45) is 6.20. The SMILES string of the molecule is C[C@H](Oc1cc(N2CCN(C(=O)OC(C)(C)C)CC2)nc(-c2cc(C3(C)CCCc4sc(N=CN(C)C)c(C#N)c43)on2)n1)[C@@H]1CCCN1C. The van der Waals surface area contributed by atoms with Gasteiger partial charge < -0.3 is 28.7 Å². The predicted octanol–water partition coefficient (Wildman–Crippen LogP) is 5.85. The first-order valence-electron chi connectivity index (χ1n) is 17.5. The molecule has 0 saturated carbocycles. The maximum absolute atomic E-state index is 12.8. The van der Waals surface area contributed by atoms with Gasteiger partial charge in [-0.15, -0.1) is 11.3 Å². The van der Waals surface area contributed by atoms with Gasteiger partial charge in [0.25, 0.3) is 0 Å². The number of amides is 1. The molecule has 1 unspecified atom stereocenters. The van der Waals surface area contributed by atoms with Crippen LogP contribution in [0.15, 0.2) is 21.6 Å². The molecular formula is C36H49N9O4S. The molecule has 1 amide bonds. The predicted molar refractivity (Wildman–Crippen MR) is 194 cm³/mol. The van der Waals surface area contributed by atoms with Gasteiger partial charge in [-0.05, 0) is 85.9 Å². The Morgan fingerprint density at radius 2 is 1.96 bits per heavy atom. The molecule has 0 N–H and O–H groups in total. The van der Waals surface area contributed by atoms with E-state index in [0.717, 1.165) is 49.1 Å². The van der Waals surface area contributed by atoms with E-state index in [1.165, 1.54) is 0 Å². The molecule has 14 heteroatoms. The highest BCUT2D eigenvalue weighted by molar-refractivity contribution is 7.16. The largest absolute Gasteiger partial charge is 0.473 e. The van der Waals surface area contributed by atoms with Crippen LogP contribution in [0.25, 0.3) is 11.5 Å². The number of aryl methyl sites for hydroxylation is 1. The van der Waals surface area contributed by atoms with Crippen molar-refractivity contribution in [1.82, 2.24) is 29.8 Å². The van der Waals surface area contributed by atoms with Crippen molar-refractivity contribution in [2.75, 3.05) is 58.8 Å². The van der Waals surface area contributed by atoms with Crippen molar-refractivity contribution in [3.8, 4) is 23.5 Å². The van der Waals surface area contributed by atoms with E-state index in [9.17, 15) is 10.1 Å². The summed E-state index contributed by atoms with van der Waals surface area (Å²) in [5.41, 5.74) is 0.941. The Kier molecular flexibility index (Phi) is 10.1. The Bertz CT molecular complexity index is 1770. The van der Waals surface area contributed by atoms with Crippen molar-refractivity contribution >= 4 is 34.6 Å². The second-order valence-corrected chi connectivity index (χ2v) is 16.1. The number of likely N-dealkylation sites (N-methyl/N-ethyl adjacent to an activating group) is 1. The minimum atomic E-state index is -0.567. The molecule has 0 bridgehead atoms. The molecule has 50 heavy (non-hydrogen) atoms. The topological polar surface area (TPSA) is 136 Å². The number of piperazine rings is 1. The Hall–Kier alpha value is -4.22. The van der Waals surface area contributed by atoms with Crippen molar-refractivity contribution in [3.05, 3.63) is 33.9 Å². The normalized spacial score (nSPS) is 22.0.